The molecule has 0 radical (unpaired) electrons. The van der Waals surface area contributed by atoms with Gasteiger partial charge in [0.15, 0.2) is 0 Å². The number of anilines is 1. The summed E-state index contributed by atoms with van der Waals surface area (Å²) in [7, 11) is 1.28. The fraction of sp³-hybridized carbons (Fsp3) is 0.250. The van der Waals surface area contributed by atoms with E-state index in [4.69, 9.17) is 5.11 Å². The van der Waals surface area contributed by atoms with E-state index in [0.29, 0.717) is 24.1 Å². The van der Waals surface area contributed by atoms with E-state index in [-0.39, 0.29) is 12.5 Å². The molecule has 2 rings (SSSR count). The average Bonchev–Trinajstić information content (AvgIpc) is 2.66. The lowest BCUT2D eigenvalue weighted by Gasteiger charge is -2.19. The summed E-state index contributed by atoms with van der Waals surface area (Å²) in [6.45, 7) is 0. The summed E-state index contributed by atoms with van der Waals surface area (Å²) in [5, 5.41) is 14.4. The van der Waals surface area contributed by atoms with Gasteiger partial charge in [-0.05, 0) is 36.6 Å². The van der Waals surface area contributed by atoms with Crippen LogP contribution in [0.3, 0.4) is 0 Å². The van der Waals surface area contributed by atoms with Crippen LogP contribution in [0.4, 0.5) is 10.5 Å². The zero-order valence-electron chi connectivity index (χ0n) is 15.0. The summed E-state index contributed by atoms with van der Waals surface area (Å²) >= 11 is 0. The number of carbonyl (C=O) groups is 3. The number of nitrogens with one attached hydrogen (secondary N) is 2. The Morgan fingerprint density at radius 2 is 1.81 bits per heavy atom. The molecule has 1 atom stereocenters. The SMILES string of the molecule is COC(=O)c1cccc(NC(=O)NC(CCC(=O)O)Cc2ccccc2)c1. The third-order valence-corrected chi connectivity index (χ3v) is 3.91. The molecular weight excluding hydrogens is 348 g/mol. The Hall–Kier alpha value is -3.35. The van der Waals surface area contributed by atoms with Gasteiger partial charge < -0.3 is 20.5 Å². The molecule has 0 spiro atoms. The minimum Gasteiger partial charge on any atom is -0.481 e. The summed E-state index contributed by atoms with van der Waals surface area (Å²) in [5.74, 6) is -1.41. The van der Waals surface area contributed by atoms with Crippen LogP contribution in [0.25, 0.3) is 0 Å². The van der Waals surface area contributed by atoms with E-state index < -0.39 is 18.0 Å². The number of amides is 2. The Morgan fingerprint density at radius 1 is 1.07 bits per heavy atom. The molecule has 2 aromatic rings. The van der Waals surface area contributed by atoms with Crippen molar-refractivity contribution in [1.29, 1.82) is 0 Å². The number of benzene rings is 2. The van der Waals surface area contributed by atoms with Gasteiger partial charge in [0.25, 0.3) is 0 Å². The molecule has 0 saturated carbocycles. The molecule has 0 aliphatic heterocycles. The number of carbonyl (C=O) groups excluding carboxylic acids is 2. The lowest BCUT2D eigenvalue weighted by Crippen LogP contribution is -2.39. The van der Waals surface area contributed by atoms with Crippen LogP contribution in [0, 0.1) is 0 Å². The standard InChI is InChI=1S/C20H22N2O5/c1-27-19(25)15-8-5-9-16(13-15)21-20(26)22-17(10-11-18(23)24)12-14-6-3-2-4-7-14/h2-9,13,17H,10-12H2,1H3,(H,23,24)(H2,21,22,26). The van der Waals surface area contributed by atoms with E-state index in [1.54, 1.807) is 18.2 Å². The molecule has 27 heavy (non-hydrogen) atoms. The third-order valence-electron chi connectivity index (χ3n) is 3.91. The minimum atomic E-state index is -0.916. The monoisotopic (exact) mass is 370 g/mol. The van der Waals surface area contributed by atoms with E-state index in [0.717, 1.165) is 5.56 Å². The van der Waals surface area contributed by atoms with Gasteiger partial charge in [-0.2, -0.15) is 0 Å². The highest BCUT2D eigenvalue weighted by molar-refractivity contribution is 5.94. The van der Waals surface area contributed by atoms with Crippen molar-refractivity contribution < 1.29 is 24.2 Å². The van der Waals surface area contributed by atoms with Gasteiger partial charge in [0.2, 0.25) is 0 Å². The van der Waals surface area contributed by atoms with Crippen LogP contribution in [0.5, 0.6) is 0 Å². The predicted molar refractivity (Wildman–Crippen MR) is 101 cm³/mol. The average molecular weight is 370 g/mol. The number of hydrogen-bond acceptors (Lipinski definition) is 4. The van der Waals surface area contributed by atoms with Gasteiger partial charge in [-0.1, -0.05) is 36.4 Å². The first-order valence-electron chi connectivity index (χ1n) is 8.49. The Balaban J connectivity index is 2.01. The Bertz CT molecular complexity index is 792. The normalized spacial score (nSPS) is 11.3. The molecule has 0 fully saturated rings. The third kappa shape index (κ3) is 6.81. The quantitative estimate of drug-likeness (QED) is 0.620. The summed E-state index contributed by atoms with van der Waals surface area (Å²) in [4.78, 5) is 34.8. The second-order valence-electron chi connectivity index (χ2n) is 5.99. The minimum absolute atomic E-state index is 0.0460. The number of esters is 1. The highest BCUT2D eigenvalue weighted by Gasteiger charge is 2.15. The topological polar surface area (TPSA) is 105 Å². The maximum Gasteiger partial charge on any atom is 0.337 e. The van der Waals surface area contributed by atoms with Gasteiger partial charge in [0.1, 0.15) is 0 Å². The first-order chi connectivity index (χ1) is 13.0. The number of carboxylic acids is 1. The van der Waals surface area contributed by atoms with E-state index in [2.05, 4.69) is 15.4 Å². The van der Waals surface area contributed by atoms with Gasteiger partial charge in [-0.3, -0.25) is 4.79 Å². The molecule has 142 valence electrons. The number of ether oxygens (including phenoxy) is 1. The second kappa shape index (κ2) is 9.96. The fourth-order valence-corrected chi connectivity index (χ4v) is 2.62. The van der Waals surface area contributed by atoms with Crippen molar-refractivity contribution in [3.05, 3.63) is 65.7 Å². The van der Waals surface area contributed by atoms with Gasteiger partial charge in [-0.25, -0.2) is 9.59 Å². The second-order valence-corrected chi connectivity index (χ2v) is 5.99. The smallest absolute Gasteiger partial charge is 0.337 e. The van der Waals surface area contributed by atoms with Crippen molar-refractivity contribution >= 4 is 23.7 Å². The summed E-state index contributed by atoms with van der Waals surface area (Å²) in [5.41, 5.74) is 1.76. The van der Waals surface area contributed by atoms with Crippen LogP contribution in [-0.4, -0.2) is 36.2 Å². The molecule has 2 amide bonds. The number of methoxy groups -OCH3 is 1. The Labute approximate surface area is 157 Å². The molecule has 1 unspecified atom stereocenters. The molecule has 0 aliphatic carbocycles. The summed E-state index contributed by atoms with van der Waals surface area (Å²) in [6.07, 6.45) is 0.777. The number of carboxylic acid groups (broad SMARTS) is 1. The van der Waals surface area contributed by atoms with Crippen LogP contribution in [0.15, 0.2) is 54.6 Å². The first-order valence-corrected chi connectivity index (χ1v) is 8.49. The van der Waals surface area contributed by atoms with E-state index in [9.17, 15) is 14.4 Å². The Morgan fingerprint density at radius 3 is 2.48 bits per heavy atom. The largest absolute Gasteiger partial charge is 0.481 e. The number of rotatable bonds is 8. The molecule has 0 aromatic heterocycles. The zero-order valence-corrected chi connectivity index (χ0v) is 15.0. The molecule has 0 saturated heterocycles. The lowest BCUT2D eigenvalue weighted by atomic mass is 10.0. The molecule has 3 N–H and O–H groups in total. The van der Waals surface area contributed by atoms with Crippen molar-refractivity contribution in [3.8, 4) is 0 Å². The lowest BCUT2D eigenvalue weighted by molar-refractivity contribution is -0.137. The summed E-state index contributed by atoms with van der Waals surface area (Å²) in [6, 6.07) is 15.1. The van der Waals surface area contributed by atoms with Crippen molar-refractivity contribution in [1.82, 2.24) is 5.32 Å². The molecule has 7 nitrogen and oxygen atoms in total. The van der Waals surface area contributed by atoms with E-state index in [1.807, 2.05) is 30.3 Å². The number of aliphatic carboxylic acids is 1. The number of urea groups is 1. The fourth-order valence-electron chi connectivity index (χ4n) is 2.62. The molecule has 0 aliphatic rings. The molecule has 7 heteroatoms. The Kier molecular flexibility index (Phi) is 7.37. The van der Waals surface area contributed by atoms with Crippen LogP contribution in [0.1, 0.15) is 28.8 Å². The molecule has 0 bridgehead atoms. The molecular formula is C20H22N2O5. The maximum atomic E-state index is 12.3. The van der Waals surface area contributed by atoms with Crippen molar-refractivity contribution in [2.75, 3.05) is 12.4 Å². The van der Waals surface area contributed by atoms with Gasteiger partial charge in [-0.15, -0.1) is 0 Å². The number of hydrogen-bond donors (Lipinski definition) is 3. The van der Waals surface area contributed by atoms with Crippen molar-refractivity contribution in [2.24, 2.45) is 0 Å². The van der Waals surface area contributed by atoms with Gasteiger partial charge >= 0.3 is 18.0 Å². The predicted octanol–water partition coefficient (Wildman–Crippen LogP) is 3.07. The van der Waals surface area contributed by atoms with E-state index >= 15 is 0 Å². The zero-order chi connectivity index (χ0) is 19.6. The summed E-state index contributed by atoms with van der Waals surface area (Å²) < 4.78 is 4.66. The first kappa shape index (κ1) is 20.0. The highest BCUT2D eigenvalue weighted by atomic mass is 16.5. The maximum absolute atomic E-state index is 12.3. The van der Waals surface area contributed by atoms with Crippen LogP contribution in [-0.2, 0) is 16.0 Å². The van der Waals surface area contributed by atoms with Crippen LogP contribution < -0.4 is 10.6 Å². The van der Waals surface area contributed by atoms with Gasteiger partial charge in [0.05, 0.1) is 12.7 Å². The molecule has 2 aromatic carbocycles. The van der Waals surface area contributed by atoms with Crippen LogP contribution >= 0.6 is 0 Å². The van der Waals surface area contributed by atoms with E-state index in [1.165, 1.54) is 13.2 Å². The van der Waals surface area contributed by atoms with Gasteiger partial charge in [0, 0.05) is 18.2 Å². The van der Waals surface area contributed by atoms with Crippen LogP contribution in [0.2, 0.25) is 0 Å². The highest BCUT2D eigenvalue weighted by Crippen LogP contribution is 2.12. The van der Waals surface area contributed by atoms with Crippen molar-refractivity contribution in [2.45, 2.75) is 25.3 Å². The van der Waals surface area contributed by atoms with Crippen molar-refractivity contribution in [3.63, 3.8) is 0 Å². The molecule has 0 heterocycles.